The van der Waals surface area contributed by atoms with Crippen LogP contribution < -0.4 is 10.6 Å². The van der Waals surface area contributed by atoms with Crippen molar-refractivity contribution in [2.75, 3.05) is 13.1 Å². The van der Waals surface area contributed by atoms with Crippen LogP contribution in [0.3, 0.4) is 0 Å². The molecule has 0 unspecified atom stereocenters. The summed E-state index contributed by atoms with van der Waals surface area (Å²) in [4.78, 5) is 17.0. The van der Waals surface area contributed by atoms with Gasteiger partial charge in [0.25, 0.3) is 5.91 Å². The molecule has 2 heterocycles. The van der Waals surface area contributed by atoms with Crippen LogP contribution in [0.5, 0.6) is 0 Å². The highest BCUT2D eigenvalue weighted by molar-refractivity contribution is 6.05. The summed E-state index contributed by atoms with van der Waals surface area (Å²) in [5.41, 5.74) is 2.22. The first-order valence-corrected chi connectivity index (χ1v) is 7.80. The van der Waals surface area contributed by atoms with Crippen LogP contribution in [0.15, 0.2) is 12.3 Å². The molecule has 0 aliphatic rings. The van der Waals surface area contributed by atoms with E-state index in [1.54, 1.807) is 6.20 Å². The van der Waals surface area contributed by atoms with E-state index in [9.17, 15) is 4.79 Å². The van der Waals surface area contributed by atoms with Gasteiger partial charge >= 0.3 is 0 Å². The minimum atomic E-state index is -0.0800. The second-order valence-electron chi connectivity index (χ2n) is 5.90. The van der Waals surface area contributed by atoms with Crippen LogP contribution in [0.4, 0.5) is 0 Å². The number of pyridine rings is 1. The molecule has 0 saturated heterocycles. The average molecular weight is 376 g/mol. The van der Waals surface area contributed by atoms with Gasteiger partial charge in [0.05, 0.1) is 17.1 Å². The fourth-order valence-corrected chi connectivity index (χ4v) is 2.47. The quantitative estimate of drug-likeness (QED) is 0.813. The van der Waals surface area contributed by atoms with Gasteiger partial charge < -0.3 is 10.6 Å². The molecule has 6 nitrogen and oxygen atoms in total. The standard InChI is InChI=1S/C16H25N5O.2ClH/c1-6-17-12(5)8-18-16(22)13-7-11(4)20-15-14(13)9-19-21(15)10(2)3;;/h7,9-10,12,17H,6,8H2,1-5H3,(H,18,22);2*1H/t12-;;/m1../s1. The molecule has 136 valence electrons. The molecule has 0 aliphatic carbocycles. The summed E-state index contributed by atoms with van der Waals surface area (Å²) < 4.78 is 1.85. The number of hydrogen-bond acceptors (Lipinski definition) is 4. The zero-order valence-corrected chi connectivity index (χ0v) is 16.4. The fourth-order valence-electron chi connectivity index (χ4n) is 2.47. The Morgan fingerprint density at radius 1 is 1.29 bits per heavy atom. The van der Waals surface area contributed by atoms with Gasteiger partial charge in [-0.2, -0.15) is 5.10 Å². The van der Waals surface area contributed by atoms with Gasteiger partial charge in [0.15, 0.2) is 5.65 Å². The van der Waals surface area contributed by atoms with Crippen molar-refractivity contribution >= 4 is 41.8 Å². The molecule has 0 bridgehead atoms. The van der Waals surface area contributed by atoms with Crippen molar-refractivity contribution in [3.63, 3.8) is 0 Å². The number of nitrogens with zero attached hydrogens (tertiary/aromatic N) is 3. The predicted octanol–water partition coefficient (Wildman–Crippen LogP) is 2.89. The van der Waals surface area contributed by atoms with Gasteiger partial charge in [-0.1, -0.05) is 6.92 Å². The Morgan fingerprint density at radius 2 is 1.96 bits per heavy atom. The summed E-state index contributed by atoms with van der Waals surface area (Å²) in [6.07, 6.45) is 1.73. The van der Waals surface area contributed by atoms with Crippen molar-refractivity contribution in [1.29, 1.82) is 0 Å². The van der Waals surface area contributed by atoms with Gasteiger partial charge in [-0.05, 0) is 40.3 Å². The third-order valence-electron chi connectivity index (χ3n) is 3.55. The molecule has 8 heteroatoms. The number of aromatic nitrogens is 3. The Balaban J connectivity index is 0.00000264. The largest absolute Gasteiger partial charge is 0.350 e. The van der Waals surface area contributed by atoms with E-state index >= 15 is 0 Å². The van der Waals surface area contributed by atoms with E-state index in [1.165, 1.54) is 0 Å². The lowest BCUT2D eigenvalue weighted by atomic mass is 10.1. The molecule has 1 amide bonds. The second-order valence-corrected chi connectivity index (χ2v) is 5.90. The number of nitrogens with one attached hydrogen (secondary N) is 2. The Labute approximate surface area is 155 Å². The summed E-state index contributed by atoms with van der Waals surface area (Å²) >= 11 is 0. The second kappa shape index (κ2) is 9.81. The Hall–Kier alpha value is -1.37. The highest BCUT2D eigenvalue weighted by Gasteiger charge is 2.17. The summed E-state index contributed by atoms with van der Waals surface area (Å²) in [6, 6.07) is 2.27. The Bertz CT molecular complexity index is 672. The lowest BCUT2D eigenvalue weighted by molar-refractivity contribution is 0.0951. The zero-order valence-electron chi connectivity index (χ0n) is 14.8. The van der Waals surface area contributed by atoms with Crippen LogP contribution in [0.1, 0.15) is 49.8 Å². The topological polar surface area (TPSA) is 71.8 Å². The van der Waals surface area contributed by atoms with Gasteiger partial charge in [0.2, 0.25) is 0 Å². The van der Waals surface area contributed by atoms with Crippen molar-refractivity contribution < 1.29 is 4.79 Å². The molecule has 2 N–H and O–H groups in total. The molecule has 2 aromatic rings. The normalized spacial score (nSPS) is 11.8. The van der Waals surface area contributed by atoms with Crippen LogP contribution in [0.2, 0.25) is 0 Å². The maximum absolute atomic E-state index is 12.5. The summed E-state index contributed by atoms with van der Waals surface area (Å²) in [7, 11) is 0. The zero-order chi connectivity index (χ0) is 16.3. The summed E-state index contributed by atoms with van der Waals surface area (Å²) in [5, 5.41) is 11.4. The molecule has 0 spiro atoms. The van der Waals surface area contributed by atoms with E-state index in [0.29, 0.717) is 12.1 Å². The number of aryl methyl sites for hydroxylation is 1. The molecule has 0 radical (unpaired) electrons. The maximum Gasteiger partial charge on any atom is 0.252 e. The van der Waals surface area contributed by atoms with E-state index in [1.807, 2.05) is 45.4 Å². The monoisotopic (exact) mass is 375 g/mol. The number of hydrogen-bond donors (Lipinski definition) is 2. The van der Waals surface area contributed by atoms with Gasteiger partial charge in [0.1, 0.15) is 0 Å². The van der Waals surface area contributed by atoms with Crippen molar-refractivity contribution in [2.45, 2.75) is 46.7 Å². The van der Waals surface area contributed by atoms with Gasteiger partial charge in [0, 0.05) is 24.3 Å². The van der Waals surface area contributed by atoms with Gasteiger partial charge in [-0.3, -0.25) is 4.79 Å². The molecule has 0 aliphatic heterocycles. The first kappa shape index (κ1) is 22.6. The first-order chi connectivity index (χ1) is 10.4. The smallest absolute Gasteiger partial charge is 0.252 e. The lowest BCUT2D eigenvalue weighted by Crippen LogP contribution is -2.38. The Morgan fingerprint density at radius 3 is 2.54 bits per heavy atom. The van der Waals surface area contributed by atoms with Gasteiger partial charge in [-0.25, -0.2) is 9.67 Å². The number of fused-ring (bicyclic) bond motifs is 1. The number of amides is 1. The molecule has 0 aromatic carbocycles. The van der Waals surface area contributed by atoms with Crippen LogP contribution in [0.25, 0.3) is 11.0 Å². The highest BCUT2D eigenvalue weighted by atomic mass is 35.5. The van der Waals surface area contributed by atoms with Crippen LogP contribution >= 0.6 is 24.8 Å². The van der Waals surface area contributed by atoms with Gasteiger partial charge in [-0.15, -0.1) is 24.8 Å². The summed E-state index contributed by atoms with van der Waals surface area (Å²) in [5.74, 6) is -0.0800. The average Bonchev–Trinajstić information content (AvgIpc) is 2.87. The number of carbonyl (C=O) groups excluding carboxylic acids is 1. The van der Waals surface area contributed by atoms with Crippen LogP contribution in [-0.2, 0) is 0 Å². The number of rotatable bonds is 6. The SMILES string of the molecule is CCN[C@H](C)CNC(=O)c1cc(C)nc2c1cnn2C(C)C.Cl.Cl. The predicted molar refractivity (Wildman–Crippen MR) is 103 cm³/mol. The van der Waals surface area contributed by atoms with E-state index < -0.39 is 0 Å². The third-order valence-corrected chi connectivity index (χ3v) is 3.55. The summed E-state index contributed by atoms with van der Waals surface area (Å²) in [6.45, 7) is 11.6. The van der Waals surface area contributed by atoms with Crippen LogP contribution in [-0.4, -0.2) is 39.8 Å². The lowest BCUT2D eigenvalue weighted by Gasteiger charge is -2.14. The highest BCUT2D eigenvalue weighted by Crippen LogP contribution is 2.20. The molecule has 24 heavy (non-hydrogen) atoms. The van der Waals surface area contributed by atoms with E-state index in [2.05, 4.69) is 20.7 Å². The van der Waals surface area contributed by atoms with Crippen LogP contribution in [0, 0.1) is 6.92 Å². The minimum Gasteiger partial charge on any atom is -0.350 e. The van der Waals surface area contributed by atoms with E-state index in [-0.39, 0.29) is 42.8 Å². The number of halogens is 2. The molecular formula is C16H27Cl2N5O. The molecule has 0 saturated carbocycles. The van der Waals surface area contributed by atoms with E-state index in [4.69, 9.17) is 0 Å². The fraction of sp³-hybridized carbons (Fsp3) is 0.562. The minimum absolute atomic E-state index is 0. The molecule has 0 fully saturated rings. The Kier molecular flexibility index (Phi) is 9.25. The third kappa shape index (κ3) is 5.06. The molecule has 2 rings (SSSR count). The maximum atomic E-state index is 12.5. The van der Waals surface area contributed by atoms with Crippen molar-refractivity contribution in [2.24, 2.45) is 0 Å². The van der Waals surface area contributed by atoms with Crippen molar-refractivity contribution in [3.05, 3.63) is 23.5 Å². The number of carbonyl (C=O) groups is 1. The van der Waals surface area contributed by atoms with Crippen molar-refractivity contribution in [1.82, 2.24) is 25.4 Å². The number of likely N-dealkylation sites (N-methyl/N-ethyl adjacent to an activating group) is 1. The van der Waals surface area contributed by atoms with Crippen molar-refractivity contribution in [3.8, 4) is 0 Å². The molecular weight excluding hydrogens is 349 g/mol. The molecule has 2 aromatic heterocycles. The first-order valence-electron chi connectivity index (χ1n) is 7.80. The van der Waals surface area contributed by atoms with E-state index in [0.717, 1.165) is 23.3 Å². The molecule has 1 atom stereocenters.